The van der Waals surface area contributed by atoms with Gasteiger partial charge in [-0.05, 0) is 64.3 Å². The third kappa shape index (κ3) is 5.05. The highest BCUT2D eigenvalue weighted by Crippen LogP contribution is 2.33. The molecule has 9 nitrogen and oxygen atoms in total. The van der Waals surface area contributed by atoms with Crippen molar-refractivity contribution in [3.8, 4) is 11.9 Å². The molecule has 0 aliphatic heterocycles. The van der Waals surface area contributed by atoms with E-state index in [0.717, 1.165) is 6.42 Å². The first-order valence-corrected chi connectivity index (χ1v) is 11.1. The van der Waals surface area contributed by atoms with E-state index in [9.17, 15) is 18.8 Å². The quantitative estimate of drug-likeness (QED) is 0.608. The van der Waals surface area contributed by atoms with Crippen molar-refractivity contribution in [3.05, 3.63) is 36.0 Å². The molecule has 2 atom stereocenters. The van der Waals surface area contributed by atoms with Gasteiger partial charge in [-0.25, -0.2) is 18.1 Å². The van der Waals surface area contributed by atoms with Gasteiger partial charge in [-0.1, -0.05) is 0 Å². The molecule has 1 aromatic heterocycles. The van der Waals surface area contributed by atoms with Crippen LogP contribution in [0.4, 0.5) is 11.6 Å². The van der Waals surface area contributed by atoms with E-state index in [1.165, 1.54) is 18.3 Å². The molecule has 0 radical (unpaired) electrons. The van der Waals surface area contributed by atoms with E-state index in [1.54, 1.807) is 32.9 Å². The van der Waals surface area contributed by atoms with Gasteiger partial charge in [0, 0.05) is 11.7 Å². The van der Waals surface area contributed by atoms with Gasteiger partial charge in [-0.2, -0.15) is 10.2 Å². The summed E-state index contributed by atoms with van der Waals surface area (Å²) in [4.78, 5) is 8.53. The van der Waals surface area contributed by atoms with Gasteiger partial charge in [0.15, 0.2) is 0 Å². The molecule has 0 bridgehead atoms. The molecule has 10 heteroatoms. The molecule has 0 unspecified atom stereocenters. The summed E-state index contributed by atoms with van der Waals surface area (Å²) in [5.74, 6) is 0.292. The summed E-state index contributed by atoms with van der Waals surface area (Å²) in [6.07, 6.45) is 3.02. The summed E-state index contributed by atoms with van der Waals surface area (Å²) in [5, 5.41) is 22.7. The van der Waals surface area contributed by atoms with Crippen LogP contribution in [0.1, 0.15) is 45.6 Å². The Morgan fingerprint density at radius 1 is 1.33 bits per heavy atom. The number of nitriles is 1. The zero-order chi connectivity index (χ0) is 21.9. The van der Waals surface area contributed by atoms with E-state index in [4.69, 9.17) is 4.74 Å². The third-order valence-electron chi connectivity index (χ3n) is 4.78. The number of anilines is 2. The largest absolute Gasteiger partial charge is 0.470 e. The van der Waals surface area contributed by atoms with Gasteiger partial charge < -0.3 is 15.2 Å². The second-order valence-electron chi connectivity index (χ2n) is 7.81. The molecular weight excluding hydrogens is 406 g/mol. The summed E-state index contributed by atoms with van der Waals surface area (Å²) in [5.41, 5.74) is -0.233. The van der Waals surface area contributed by atoms with Gasteiger partial charge in [0.1, 0.15) is 17.7 Å². The first kappa shape index (κ1) is 22.0. The summed E-state index contributed by atoms with van der Waals surface area (Å²) in [6, 6.07) is 7.93. The number of ether oxygens (including phenoxy) is 1. The Balaban J connectivity index is 1.78. The molecule has 0 spiro atoms. The normalized spacial score (nSPS) is 21.4. The van der Waals surface area contributed by atoms with E-state index in [0.29, 0.717) is 18.5 Å². The molecule has 1 aliphatic rings. The van der Waals surface area contributed by atoms with E-state index in [-0.39, 0.29) is 28.3 Å². The second-order valence-corrected chi connectivity index (χ2v) is 9.52. The van der Waals surface area contributed by atoms with Crippen molar-refractivity contribution in [2.45, 2.75) is 62.7 Å². The number of hydrogen-bond donors (Lipinski definition) is 3. The summed E-state index contributed by atoms with van der Waals surface area (Å²) in [6.45, 7) is 5.21. The zero-order valence-electron chi connectivity index (χ0n) is 17.1. The first-order chi connectivity index (χ1) is 14.1. The highest BCUT2D eigenvalue weighted by atomic mass is 32.2. The number of nitrogens with one attached hydrogen (secondary N) is 2. The predicted octanol–water partition coefficient (Wildman–Crippen LogP) is 2.46. The van der Waals surface area contributed by atoms with E-state index < -0.39 is 21.7 Å². The van der Waals surface area contributed by atoms with Crippen LogP contribution in [-0.2, 0) is 10.0 Å². The predicted molar refractivity (Wildman–Crippen MR) is 111 cm³/mol. The van der Waals surface area contributed by atoms with Crippen LogP contribution in [0.3, 0.4) is 0 Å². The average Bonchev–Trinajstić information content (AvgIpc) is 2.99. The smallest absolute Gasteiger partial charge is 0.240 e. The number of aliphatic hydroxyl groups is 1. The van der Waals surface area contributed by atoms with Gasteiger partial charge in [-0.15, -0.1) is 0 Å². The highest BCUT2D eigenvalue weighted by molar-refractivity contribution is 7.89. The minimum Gasteiger partial charge on any atom is -0.470 e. The lowest BCUT2D eigenvalue weighted by molar-refractivity contribution is -0.0271. The number of nitrogens with zero attached hydrogens (tertiary/aromatic N) is 3. The van der Waals surface area contributed by atoms with Crippen LogP contribution in [0, 0.1) is 11.3 Å². The Kier molecular flexibility index (Phi) is 6.26. The monoisotopic (exact) mass is 431 g/mol. The molecule has 3 rings (SSSR count). The molecule has 0 saturated heterocycles. The van der Waals surface area contributed by atoms with Crippen molar-refractivity contribution in [2.24, 2.45) is 0 Å². The van der Waals surface area contributed by atoms with Crippen molar-refractivity contribution >= 4 is 21.7 Å². The van der Waals surface area contributed by atoms with Gasteiger partial charge >= 0.3 is 0 Å². The van der Waals surface area contributed by atoms with Gasteiger partial charge in [0.2, 0.25) is 21.9 Å². The van der Waals surface area contributed by atoms with Gasteiger partial charge in [-0.3, -0.25) is 0 Å². The van der Waals surface area contributed by atoms with Crippen LogP contribution >= 0.6 is 0 Å². The second kappa shape index (κ2) is 8.55. The van der Waals surface area contributed by atoms with E-state index in [2.05, 4.69) is 20.0 Å². The lowest BCUT2D eigenvalue weighted by Crippen LogP contribution is -2.38. The van der Waals surface area contributed by atoms with Crippen molar-refractivity contribution in [3.63, 3.8) is 0 Å². The van der Waals surface area contributed by atoms with Crippen LogP contribution in [0.2, 0.25) is 0 Å². The summed E-state index contributed by atoms with van der Waals surface area (Å²) < 4.78 is 32.8. The molecule has 1 aromatic carbocycles. The summed E-state index contributed by atoms with van der Waals surface area (Å²) in [7, 11) is -3.58. The SMILES string of the molecule is CC(C)NS(=O)(=O)c1ccc(Nc2ncc(C#N)c(O[C@H]3CCC[C@@]3(C)O)n2)cc1. The zero-order valence-corrected chi connectivity index (χ0v) is 17.9. The lowest BCUT2D eigenvalue weighted by atomic mass is 10.0. The Morgan fingerprint density at radius 2 is 2.03 bits per heavy atom. The highest BCUT2D eigenvalue weighted by Gasteiger charge is 2.39. The maximum Gasteiger partial charge on any atom is 0.240 e. The Hall–Kier alpha value is -2.74. The van der Waals surface area contributed by atoms with Crippen LogP contribution in [-0.4, -0.2) is 41.2 Å². The lowest BCUT2D eigenvalue weighted by Gasteiger charge is -2.26. The van der Waals surface area contributed by atoms with Crippen molar-refractivity contribution in [1.29, 1.82) is 5.26 Å². The van der Waals surface area contributed by atoms with E-state index in [1.807, 2.05) is 6.07 Å². The molecule has 2 aromatic rings. The minimum atomic E-state index is -3.58. The van der Waals surface area contributed by atoms with Crippen LogP contribution in [0.25, 0.3) is 0 Å². The molecule has 3 N–H and O–H groups in total. The fourth-order valence-corrected chi connectivity index (χ4v) is 4.51. The number of hydrogen-bond acceptors (Lipinski definition) is 8. The molecular formula is C20H25N5O4S. The fourth-order valence-electron chi connectivity index (χ4n) is 3.26. The molecule has 30 heavy (non-hydrogen) atoms. The van der Waals surface area contributed by atoms with Gasteiger partial charge in [0.25, 0.3) is 0 Å². The third-order valence-corrected chi connectivity index (χ3v) is 6.46. The molecule has 160 valence electrons. The Bertz CT molecular complexity index is 1050. The number of sulfonamides is 1. The van der Waals surface area contributed by atoms with Crippen molar-refractivity contribution < 1.29 is 18.3 Å². The number of benzene rings is 1. The maximum absolute atomic E-state index is 12.2. The molecule has 1 fully saturated rings. The van der Waals surface area contributed by atoms with Crippen LogP contribution in [0.15, 0.2) is 35.4 Å². The molecule has 1 heterocycles. The molecule has 1 saturated carbocycles. The Labute approximate surface area is 176 Å². The van der Waals surface area contributed by atoms with E-state index >= 15 is 0 Å². The van der Waals surface area contributed by atoms with Crippen LogP contribution < -0.4 is 14.8 Å². The standard InChI is InChI=1S/C20H25N5O4S/c1-13(2)25-30(27,28)16-8-6-15(7-9-16)23-19-22-12-14(11-21)18(24-19)29-17-5-4-10-20(17,3)26/h6-9,12-13,17,25-26H,4-5,10H2,1-3H3,(H,22,23,24)/t17-,20+/m0/s1. The van der Waals surface area contributed by atoms with Crippen molar-refractivity contribution in [1.82, 2.24) is 14.7 Å². The average molecular weight is 432 g/mol. The maximum atomic E-state index is 12.2. The fraction of sp³-hybridized carbons (Fsp3) is 0.450. The van der Waals surface area contributed by atoms with Gasteiger partial charge in [0.05, 0.1) is 16.7 Å². The topological polar surface area (TPSA) is 137 Å². The Morgan fingerprint density at radius 3 is 2.60 bits per heavy atom. The first-order valence-electron chi connectivity index (χ1n) is 9.66. The molecule has 0 amide bonds. The number of rotatable bonds is 7. The minimum absolute atomic E-state index is 0.0995. The molecule has 1 aliphatic carbocycles. The summed E-state index contributed by atoms with van der Waals surface area (Å²) >= 11 is 0. The van der Waals surface area contributed by atoms with Crippen molar-refractivity contribution in [2.75, 3.05) is 5.32 Å². The number of aromatic nitrogens is 2. The van der Waals surface area contributed by atoms with Crippen LogP contribution in [0.5, 0.6) is 5.88 Å².